The first-order chi connectivity index (χ1) is 13.6. The molecule has 6 nitrogen and oxygen atoms in total. The van der Waals surface area contributed by atoms with E-state index in [1.54, 1.807) is 18.3 Å². The van der Waals surface area contributed by atoms with E-state index in [0.29, 0.717) is 5.56 Å². The molecule has 0 unspecified atom stereocenters. The van der Waals surface area contributed by atoms with Gasteiger partial charge < -0.3 is 10.7 Å². The summed E-state index contributed by atoms with van der Waals surface area (Å²) in [5.41, 5.74) is 8.71. The maximum Gasteiger partial charge on any atom is 0.268 e. The van der Waals surface area contributed by atoms with Crippen LogP contribution in [-0.4, -0.2) is 9.97 Å². The number of fused-ring (bicyclic) bond motifs is 1. The number of anilines is 1. The maximum atomic E-state index is 12.1. The summed E-state index contributed by atoms with van der Waals surface area (Å²) < 4.78 is 0. The smallest absolute Gasteiger partial charge is 0.268 e. The fourth-order valence-electron chi connectivity index (χ4n) is 3.19. The van der Waals surface area contributed by atoms with Gasteiger partial charge in [0.2, 0.25) is 0 Å². The van der Waals surface area contributed by atoms with Crippen molar-refractivity contribution in [2.75, 3.05) is 5.73 Å². The standard InChI is InChI=1S/C22H13N5O/c23-10-17-20(18(11-24)22(28)27-21(17)25)14-7-5-13(6-8-14)16-9-15-3-1-2-4-19(15)26-12-16/h1-9,12H,(H3,25,27,28). The minimum Gasteiger partial charge on any atom is -0.384 e. The predicted octanol–water partition coefficient (Wildman–Crippen LogP) is 3.58. The molecule has 0 aliphatic heterocycles. The molecule has 0 fully saturated rings. The Hall–Kier alpha value is -4.42. The fraction of sp³-hybridized carbons (Fsp3) is 0. The van der Waals surface area contributed by atoms with Gasteiger partial charge in [0.15, 0.2) is 0 Å². The van der Waals surface area contributed by atoms with E-state index in [2.05, 4.69) is 9.97 Å². The molecule has 3 N–H and O–H groups in total. The third-order valence-corrected chi connectivity index (χ3v) is 4.57. The molecule has 4 rings (SSSR count). The average Bonchev–Trinajstić information content (AvgIpc) is 2.73. The van der Waals surface area contributed by atoms with Gasteiger partial charge in [-0.1, -0.05) is 42.5 Å². The van der Waals surface area contributed by atoms with Crippen molar-refractivity contribution in [1.82, 2.24) is 9.97 Å². The van der Waals surface area contributed by atoms with Gasteiger partial charge in [-0.25, -0.2) is 0 Å². The number of nitriles is 2. The Morgan fingerprint density at radius 2 is 1.57 bits per heavy atom. The number of nitrogens with zero attached hydrogens (tertiary/aromatic N) is 3. The van der Waals surface area contributed by atoms with Gasteiger partial charge in [-0.3, -0.25) is 9.78 Å². The molecule has 0 saturated carbocycles. The molecule has 0 bridgehead atoms. The highest BCUT2D eigenvalue weighted by atomic mass is 16.1. The van der Waals surface area contributed by atoms with Gasteiger partial charge in [0, 0.05) is 22.7 Å². The van der Waals surface area contributed by atoms with Crippen molar-refractivity contribution in [2.45, 2.75) is 0 Å². The molecule has 0 spiro atoms. The molecular formula is C22H13N5O. The molecule has 2 aromatic heterocycles. The third-order valence-electron chi connectivity index (χ3n) is 4.57. The Bertz CT molecular complexity index is 1360. The molecule has 2 heterocycles. The number of aromatic amines is 1. The minimum absolute atomic E-state index is 0.0516. The summed E-state index contributed by atoms with van der Waals surface area (Å²) in [6.07, 6.45) is 1.80. The molecule has 0 radical (unpaired) electrons. The van der Waals surface area contributed by atoms with E-state index in [4.69, 9.17) is 5.73 Å². The molecule has 2 aromatic carbocycles. The molecule has 0 aliphatic carbocycles. The predicted molar refractivity (Wildman–Crippen MR) is 107 cm³/mol. The van der Waals surface area contributed by atoms with Crippen LogP contribution in [0.1, 0.15) is 11.1 Å². The summed E-state index contributed by atoms with van der Waals surface area (Å²) in [5, 5.41) is 19.8. The normalized spacial score (nSPS) is 10.4. The second kappa shape index (κ2) is 6.71. The van der Waals surface area contributed by atoms with E-state index in [-0.39, 0.29) is 22.5 Å². The number of aromatic nitrogens is 2. The highest BCUT2D eigenvalue weighted by Gasteiger charge is 2.18. The van der Waals surface area contributed by atoms with Gasteiger partial charge in [0.1, 0.15) is 29.1 Å². The summed E-state index contributed by atoms with van der Waals surface area (Å²) in [5.74, 6) is -0.0516. The molecule has 28 heavy (non-hydrogen) atoms. The number of nitrogens with two attached hydrogens (primary N) is 1. The summed E-state index contributed by atoms with van der Waals surface area (Å²) in [6, 6.07) is 21.0. The molecule has 4 aromatic rings. The second-order valence-electron chi connectivity index (χ2n) is 6.21. The van der Waals surface area contributed by atoms with Crippen LogP contribution in [0.5, 0.6) is 0 Å². The average molecular weight is 363 g/mol. The van der Waals surface area contributed by atoms with Crippen LogP contribution in [0, 0.1) is 22.7 Å². The Kier molecular flexibility index (Phi) is 4.08. The van der Waals surface area contributed by atoms with Gasteiger partial charge in [0.25, 0.3) is 5.56 Å². The van der Waals surface area contributed by atoms with Gasteiger partial charge >= 0.3 is 0 Å². The number of nitrogen functional groups attached to an aromatic ring is 1. The number of pyridine rings is 2. The zero-order valence-corrected chi connectivity index (χ0v) is 14.6. The van der Waals surface area contributed by atoms with Crippen LogP contribution in [0.4, 0.5) is 5.82 Å². The first-order valence-corrected chi connectivity index (χ1v) is 8.44. The number of para-hydroxylation sites is 1. The van der Waals surface area contributed by atoms with E-state index in [1.807, 2.05) is 54.6 Å². The summed E-state index contributed by atoms with van der Waals surface area (Å²) in [6.45, 7) is 0. The van der Waals surface area contributed by atoms with E-state index in [9.17, 15) is 15.3 Å². The monoisotopic (exact) mass is 363 g/mol. The summed E-state index contributed by atoms with van der Waals surface area (Å²) in [4.78, 5) is 18.9. The summed E-state index contributed by atoms with van der Waals surface area (Å²) >= 11 is 0. The number of rotatable bonds is 2. The van der Waals surface area contributed by atoms with Gasteiger partial charge in [-0.15, -0.1) is 0 Å². The number of hydrogen-bond donors (Lipinski definition) is 2. The van der Waals surface area contributed by atoms with Crippen molar-refractivity contribution in [3.8, 4) is 34.4 Å². The number of hydrogen-bond acceptors (Lipinski definition) is 5. The quantitative estimate of drug-likeness (QED) is 0.564. The Morgan fingerprint density at radius 3 is 2.29 bits per heavy atom. The van der Waals surface area contributed by atoms with Crippen molar-refractivity contribution in [3.63, 3.8) is 0 Å². The van der Waals surface area contributed by atoms with Gasteiger partial charge in [-0.05, 0) is 23.3 Å². The van der Waals surface area contributed by atoms with Crippen molar-refractivity contribution in [2.24, 2.45) is 0 Å². The first-order valence-electron chi connectivity index (χ1n) is 8.44. The van der Waals surface area contributed by atoms with E-state index < -0.39 is 5.56 Å². The topological polar surface area (TPSA) is 119 Å². The molecule has 0 saturated heterocycles. The highest BCUT2D eigenvalue weighted by Crippen LogP contribution is 2.30. The third kappa shape index (κ3) is 2.76. The van der Waals surface area contributed by atoms with Crippen LogP contribution in [-0.2, 0) is 0 Å². The maximum absolute atomic E-state index is 12.1. The Labute approximate surface area is 160 Å². The van der Waals surface area contributed by atoms with Crippen molar-refractivity contribution >= 4 is 16.7 Å². The number of benzene rings is 2. The van der Waals surface area contributed by atoms with Crippen LogP contribution in [0.2, 0.25) is 0 Å². The largest absolute Gasteiger partial charge is 0.384 e. The van der Waals surface area contributed by atoms with Crippen LogP contribution >= 0.6 is 0 Å². The highest BCUT2D eigenvalue weighted by molar-refractivity contribution is 5.85. The van der Waals surface area contributed by atoms with Crippen LogP contribution in [0.25, 0.3) is 33.2 Å². The first kappa shape index (κ1) is 17.0. The lowest BCUT2D eigenvalue weighted by Gasteiger charge is -2.10. The number of nitrogens with one attached hydrogen (secondary N) is 1. The van der Waals surface area contributed by atoms with Crippen molar-refractivity contribution in [1.29, 1.82) is 10.5 Å². The molecule has 132 valence electrons. The lowest BCUT2D eigenvalue weighted by molar-refractivity contribution is 1.21. The molecule has 0 amide bonds. The Morgan fingerprint density at radius 1 is 0.893 bits per heavy atom. The number of H-pyrrole nitrogens is 1. The fourth-order valence-corrected chi connectivity index (χ4v) is 3.19. The van der Waals surface area contributed by atoms with E-state index in [1.165, 1.54) is 0 Å². The van der Waals surface area contributed by atoms with Crippen LogP contribution in [0.3, 0.4) is 0 Å². The molecule has 0 aliphatic rings. The molecular weight excluding hydrogens is 350 g/mol. The zero-order chi connectivity index (χ0) is 19.7. The van der Waals surface area contributed by atoms with Gasteiger partial charge in [-0.2, -0.15) is 10.5 Å². The van der Waals surface area contributed by atoms with Gasteiger partial charge in [0.05, 0.1) is 5.52 Å². The SMILES string of the molecule is N#Cc1c(N)[nH]c(=O)c(C#N)c1-c1ccc(-c2cnc3ccccc3c2)cc1. The van der Waals surface area contributed by atoms with E-state index in [0.717, 1.165) is 22.0 Å². The van der Waals surface area contributed by atoms with Crippen LogP contribution < -0.4 is 11.3 Å². The van der Waals surface area contributed by atoms with E-state index >= 15 is 0 Å². The molecule has 0 atom stereocenters. The zero-order valence-electron chi connectivity index (χ0n) is 14.6. The van der Waals surface area contributed by atoms with Crippen LogP contribution in [0.15, 0.2) is 65.6 Å². The minimum atomic E-state index is -0.614. The lowest BCUT2D eigenvalue weighted by atomic mass is 9.95. The Balaban J connectivity index is 1.84. The van der Waals surface area contributed by atoms with Crippen molar-refractivity contribution < 1.29 is 0 Å². The molecule has 6 heteroatoms. The summed E-state index contributed by atoms with van der Waals surface area (Å²) in [7, 11) is 0. The lowest BCUT2D eigenvalue weighted by Crippen LogP contribution is -2.16. The second-order valence-corrected chi connectivity index (χ2v) is 6.21. The van der Waals surface area contributed by atoms with Crippen molar-refractivity contribution in [3.05, 3.63) is 82.3 Å².